The minimum absolute atomic E-state index is 0.292. The molecule has 0 aromatic heterocycles. The van der Waals surface area contributed by atoms with Crippen LogP contribution in [0, 0.1) is 0 Å². The van der Waals surface area contributed by atoms with Gasteiger partial charge in [-0.05, 0) is 30.0 Å². The number of carbonyl (C=O) groups excluding carboxylic acids is 1. The number of rotatable bonds is 7. The number of hydrogen-bond acceptors (Lipinski definition) is 4. The number of benzene rings is 1. The Morgan fingerprint density at radius 2 is 2.00 bits per heavy atom. The lowest BCUT2D eigenvalue weighted by Crippen LogP contribution is -2.33. The third kappa shape index (κ3) is 4.91. The zero-order valence-corrected chi connectivity index (χ0v) is 14.6. The molecule has 0 radical (unpaired) electrons. The van der Waals surface area contributed by atoms with E-state index in [-0.39, 0.29) is 5.91 Å². The molecule has 0 spiro atoms. The van der Waals surface area contributed by atoms with Crippen molar-refractivity contribution in [1.82, 2.24) is 4.90 Å². The topological polar surface area (TPSA) is 57.6 Å². The Hall–Kier alpha value is -1.66. The van der Waals surface area contributed by atoms with Gasteiger partial charge >= 0.3 is 5.97 Å². The Morgan fingerprint density at radius 1 is 1.30 bits per heavy atom. The molecule has 1 fully saturated rings. The highest BCUT2D eigenvalue weighted by atomic mass is 32.2. The van der Waals surface area contributed by atoms with Crippen LogP contribution < -0.4 is 0 Å². The summed E-state index contributed by atoms with van der Waals surface area (Å²) in [6.45, 7) is 1.79. The van der Waals surface area contributed by atoms with Crippen molar-refractivity contribution in [1.29, 1.82) is 0 Å². The smallest absolute Gasteiger partial charge is 0.323 e. The van der Waals surface area contributed by atoms with Crippen LogP contribution in [-0.4, -0.2) is 32.7 Å². The predicted octanol–water partition coefficient (Wildman–Crippen LogP) is 3.71. The van der Waals surface area contributed by atoms with Crippen molar-refractivity contribution >= 4 is 46.3 Å². The van der Waals surface area contributed by atoms with Crippen LogP contribution >= 0.6 is 24.0 Å². The number of unbranched alkanes of at least 4 members (excludes halogenated alkanes) is 2. The van der Waals surface area contributed by atoms with Crippen molar-refractivity contribution < 1.29 is 14.7 Å². The number of aryl methyl sites for hydroxylation is 1. The summed E-state index contributed by atoms with van der Waals surface area (Å²) in [5.41, 5.74) is 2.20. The van der Waals surface area contributed by atoms with E-state index in [4.69, 9.17) is 17.3 Å². The van der Waals surface area contributed by atoms with Crippen LogP contribution in [0.15, 0.2) is 29.2 Å². The highest BCUT2D eigenvalue weighted by Crippen LogP contribution is 2.32. The first-order valence-corrected chi connectivity index (χ1v) is 8.80. The summed E-state index contributed by atoms with van der Waals surface area (Å²) in [5, 5.41) is 8.82. The quantitative estimate of drug-likeness (QED) is 0.462. The normalized spacial score (nSPS) is 16.4. The van der Waals surface area contributed by atoms with Gasteiger partial charge in [-0.25, -0.2) is 0 Å². The Labute approximate surface area is 145 Å². The summed E-state index contributed by atoms with van der Waals surface area (Å²) in [7, 11) is 0. The number of thioether (sulfide) groups is 1. The number of amides is 1. The Bertz CT molecular complexity index is 638. The average molecular weight is 349 g/mol. The van der Waals surface area contributed by atoms with Gasteiger partial charge in [0.25, 0.3) is 5.91 Å². The van der Waals surface area contributed by atoms with Crippen molar-refractivity contribution in [2.45, 2.75) is 32.6 Å². The van der Waals surface area contributed by atoms with E-state index in [0.29, 0.717) is 9.23 Å². The van der Waals surface area contributed by atoms with Crippen molar-refractivity contribution in [2.24, 2.45) is 0 Å². The standard InChI is InChI=1S/C17H19NO3S2/c1-2-3-4-5-12-6-8-13(9-7-12)10-14-16(21)18(11-15(19)20)17(22)23-14/h6-10H,2-5,11H2,1H3,(H,19,20). The Kier molecular flexibility index (Phi) is 6.36. The molecule has 1 aliphatic heterocycles. The van der Waals surface area contributed by atoms with Gasteiger partial charge in [-0.3, -0.25) is 14.5 Å². The van der Waals surface area contributed by atoms with Crippen molar-refractivity contribution in [3.05, 3.63) is 40.3 Å². The monoisotopic (exact) mass is 349 g/mol. The molecule has 1 aromatic rings. The summed E-state index contributed by atoms with van der Waals surface area (Å²) in [6.07, 6.45) is 6.44. The van der Waals surface area contributed by atoms with Gasteiger partial charge in [-0.1, -0.05) is 68.0 Å². The van der Waals surface area contributed by atoms with Crippen LogP contribution in [-0.2, 0) is 16.0 Å². The zero-order chi connectivity index (χ0) is 16.8. The van der Waals surface area contributed by atoms with Gasteiger partial charge in [0.2, 0.25) is 0 Å². The lowest BCUT2D eigenvalue weighted by molar-refractivity contribution is -0.140. The van der Waals surface area contributed by atoms with Crippen LogP contribution in [0.5, 0.6) is 0 Å². The van der Waals surface area contributed by atoms with E-state index < -0.39 is 12.5 Å². The van der Waals surface area contributed by atoms with Gasteiger partial charge in [0.15, 0.2) is 0 Å². The third-order valence-corrected chi connectivity index (χ3v) is 4.89. The zero-order valence-electron chi connectivity index (χ0n) is 12.9. The molecule has 1 aromatic carbocycles. The van der Waals surface area contributed by atoms with Crippen LogP contribution in [0.4, 0.5) is 0 Å². The van der Waals surface area contributed by atoms with Gasteiger partial charge in [0, 0.05) is 0 Å². The van der Waals surface area contributed by atoms with Gasteiger partial charge in [0.1, 0.15) is 10.9 Å². The molecule has 1 amide bonds. The highest BCUT2D eigenvalue weighted by Gasteiger charge is 2.33. The second-order valence-corrected chi connectivity index (χ2v) is 7.04. The number of carbonyl (C=O) groups is 2. The van der Waals surface area contributed by atoms with Crippen molar-refractivity contribution in [2.75, 3.05) is 6.54 Å². The molecule has 0 atom stereocenters. The van der Waals surface area contributed by atoms with Crippen LogP contribution in [0.2, 0.25) is 0 Å². The molecule has 1 N–H and O–H groups in total. The van der Waals surface area contributed by atoms with Gasteiger partial charge < -0.3 is 5.11 Å². The van der Waals surface area contributed by atoms with Crippen LogP contribution in [0.3, 0.4) is 0 Å². The third-order valence-electron chi connectivity index (χ3n) is 3.51. The van der Waals surface area contributed by atoms with E-state index in [1.807, 2.05) is 12.1 Å². The molecule has 0 unspecified atom stereocenters. The first-order chi connectivity index (χ1) is 11.0. The first kappa shape index (κ1) is 17.7. The van der Waals surface area contributed by atoms with Crippen molar-refractivity contribution in [3.63, 3.8) is 0 Å². The molecule has 0 bridgehead atoms. The summed E-state index contributed by atoms with van der Waals surface area (Å²) in [6, 6.07) is 8.09. The fraction of sp³-hybridized carbons (Fsp3) is 0.353. The Balaban J connectivity index is 2.05. The van der Waals surface area contributed by atoms with Gasteiger partial charge in [-0.15, -0.1) is 0 Å². The second-order valence-electron chi connectivity index (χ2n) is 5.36. The molecule has 1 saturated heterocycles. The molecular formula is C17H19NO3S2. The maximum atomic E-state index is 12.2. The van der Waals surface area contributed by atoms with E-state index >= 15 is 0 Å². The number of carboxylic acids is 1. The first-order valence-electron chi connectivity index (χ1n) is 7.57. The predicted molar refractivity (Wildman–Crippen MR) is 97.2 cm³/mol. The van der Waals surface area contributed by atoms with Crippen LogP contribution in [0.25, 0.3) is 6.08 Å². The number of carboxylic acid groups (broad SMARTS) is 1. The molecular weight excluding hydrogens is 330 g/mol. The van der Waals surface area contributed by atoms with Gasteiger partial charge in [0.05, 0.1) is 4.91 Å². The fourth-order valence-electron chi connectivity index (χ4n) is 2.28. The lowest BCUT2D eigenvalue weighted by atomic mass is 10.1. The van der Waals surface area contributed by atoms with Crippen LogP contribution in [0.1, 0.15) is 37.3 Å². The highest BCUT2D eigenvalue weighted by molar-refractivity contribution is 8.26. The van der Waals surface area contributed by atoms with Crippen molar-refractivity contribution in [3.8, 4) is 0 Å². The van der Waals surface area contributed by atoms with E-state index in [9.17, 15) is 9.59 Å². The molecule has 1 aliphatic rings. The molecule has 6 heteroatoms. The minimum atomic E-state index is -1.07. The van der Waals surface area contributed by atoms with E-state index in [0.717, 1.165) is 28.6 Å². The van der Waals surface area contributed by atoms with Gasteiger partial charge in [-0.2, -0.15) is 0 Å². The molecule has 0 saturated carbocycles. The Morgan fingerprint density at radius 3 is 2.61 bits per heavy atom. The van der Waals surface area contributed by atoms with E-state index in [2.05, 4.69) is 19.1 Å². The maximum absolute atomic E-state index is 12.2. The summed E-state index contributed by atoms with van der Waals surface area (Å²) < 4.78 is 0.292. The molecule has 1 heterocycles. The average Bonchev–Trinajstić information content (AvgIpc) is 2.76. The summed E-state index contributed by atoms with van der Waals surface area (Å²) in [4.78, 5) is 24.5. The maximum Gasteiger partial charge on any atom is 0.323 e. The van der Waals surface area contributed by atoms with E-state index in [1.54, 1.807) is 6.08 Å². The molecule has 122 valence electrons. The SMILES string of the molecule is CCCCCc1ccc(C=C2SC(=S)N(CC(=O)O)C2=O)cc1. The molecule has 23 heavy (non-hydrogen) atoms. The van der Waals surface area contributed by atoms with E-state index in [1.165, 1.54) is 24.8 Å². The second kappa shape index (κ2) is 8.26. The number of aliphatic carboxylic acids is 1. The number of nitrogens with zero attached hydrogens (tertiary/aromatic N) is 1. The molecule has 4 nitrogen and oxygen atoms in total. The minimum Gasteiger partial charge on any atom is -0.480 e. The fourth-order valence-corrected chi connectivity index (χ4v) is 3.54. The lowest BCUT2D eigenvalue weighted by Gasteiger charge is -2.10. The number of thiocarbonyl (C=S) groups is 1. The molecule has 0 aliphatic carbocycles. The summed E-state index contributed by atoms with van der Waals surface area (Å²) in [5.74, 6) is -1.41. The molecule has 2 rings (SSSR count). The summed E-state index contributed by atoms with van der Waals surface area (Å²) >= 11 is 6.22. The number of hydrogen-bond donors (Lipinski definition) is 1. The largest absolute Gasteiger partial charge is 0.480 e.